The SMILES string of the molecule is CC1=CC(O)OC(c2ccco2)C1. The zero-order valence-corrected chi connectivity index (χ0v) is 7.43. The van der Waals surface area contributed by atoms with Gasteiger partial charge in [0, 0.05) is 6.42 Å². The van der Waals surface area contributed by atoms with Gasteiger partial charge in [-0.05, 0) is 25.1 Å². The van der Waals surface area contributed by atoms with E-state index in [-0.39, 0.29) is 6.10 Å². The summed E-state index contributed by atoms with van der Waals surface area (Å²) >= 11 is 0. The van der Waals surface area contributed by atoms with E-state index in [1.807, 2.05) is 19.1 Å². The first-order valence-corrected chi connectivity index (χ1v) is 4.30. The fourth-order valence-corrected chi connectivity index (χ4v) is 1.50. The third-order valence-corrected chi connectivity index (χ3v) is 2.10. The van der Waals surface area contributed by atoms with Gasteiger partial charge < -0.3 is 14.3 Å². The standard InChI is InChI=1S/C10H12O3/c1-7-5-9(13-10(11)6-7)8-3-2-4-12-8/h2-4,6,9-11H,5H2,1H3. The van der Waals surface area contributed by atoms with Crippen LogP contribution in [0.1, 0.15) is 25.2 Å². The fourth-order valence-electron chi connectivity index (χ4n) is 1.50. The van der Waals surface area contributed by atoms with Crippen LogP contribution in [0.4, 0.5) is 0 Å². The van der Waals surface area contributed by atoms with Crippen LogP contribution < -0.4 is 0 Å². The smallest absolute Gasteiger partial charge is 0.175 e. The Bertz CT molecular complexity index is 300. The molecule has 0 amide bonds. The average Bonchev–Trinajstić information content (AvgIpc) is 2.53. The highest BCUT2D eigenvalue weighted by molar-refractivity contribution is 5.12. The lowest BCUT2D eigenvalue weighted by Crippen LogP contribution is -2.19. The summed E-state index contributed by atoms with van der Waals surface area (Å²) in [6.07, 6.45) is 3.15. The van der Waals surface area contributed by atoms with Gasteiger partial charge in [0.15, 0.2) is 6.29 Å². The maximum absolute atomic E-state index is 9.31. The summed E-state index contributed by atoms with van der Waals surface area (Å²) in [6, 6.07) is 3.68. The van der Waals surface area contributed by atoms with E-state index in [4.69, 9.17) is 9.15 Å². The number of aliphatic hydroxyl groups excluding tert-OH is 1. The Kier molecular flexibility index (Phi) is 2.20. The molecule has 0 aromatic carbocycles. The van der Waals surface area contributed by atoms with Crippen LogP contribution in [-0.2, 0) is 4.74 Å². The Morgan fingerprint density at radius 1 is 1.54 bits per heavy atom. The highest BCUT2D eigenvalue weighted by atomic mass is 16.6. The average molecular weight is 180 g/mol. The Balaban J connectivity index is 2.15. The molecule has 2 atom stereocenters. The second-order valence-electron chi connectivity index (χ2n) is 3.25. The van der Waals surface area contributed by atoms with Crippen LogP contribution >= 0.6 is 0 Å². The zero-order chi connectivity index (χ0) is 9.26. The molecular weight excluding hydrogens is 168 g/mol. The molecule has 13 heavy (non-hydrogen) atoms. The maximum atomic E-state index is 9.31. The molecule has 0 radical (unpaired) electrons. The molecule has 2 rings (SSSR count). The van der Waals surface area contributed by atoms with Gasteiger partial charge in [0.05, 0.1) is 6.26 Å². The van der Waals surface area contributed by atoms with Crippen LogP contribution in [-0.4, -0.2) is 11.4 Å². The van der Waals surface area contributed by atoms with Crippen molar-refractivity contribution in [1.29, 1.82) is 0 Å². The lowest BCUT2D eigenvalue weighted by Gasteiger charge is -2.23. The molecule has 2 heterocycles. The van der Waals surface area contributed by atoms with Crippen molar-refractivity contribution in [1.82, 2.24) is 0 Å². The van der Waals surface area contributed by atoms with E-state index >= 15 is 0 Å². The van der Waals surface area contributed by atoms with E-state index in [9.17, 15) is 5.11 Å². The molecule has 3 heteroatoms. The summed E-state index contributed by atoms with van der Waals surface area (Å²) < 4.78 is 10.5. The number of rotatable bonds is 1. The number of furan rings is 1. The molecule has 1 aromatic heterocycles. The molecular formula is C10H12O3. The molecule has 2 unspecified atom stereocenters. The zero-order valence-electron chi connectivity index (χ0n) is 7.43. The summed E-state index contributed by atoms with van der Waals surface area (Å²) in [5, 5.41) is 9.31. The first-order valence-electron chi connectivity index (χ1n) is 4.30. The molecule has 0 saturated heterocycles. The Morgan fingerprint density at radius 3 is 3.00 bits per heavy atom. The normalized spacial score (nSPS) is 28.6. The third kappa shape index (κ3) is 1.82. The molecule has 70 valence electrons. The van der Waals surface area contributed by atoms with Crippen LogP contribution in [0.25, 0.3) is 0 Å². The minimum atomic E-state index is -0.802. The molecule has 0 aliphatic carbocycles. The quantitative estimate of drug-likeness (QED) is 0.672. The molecule has 0 saturated carbocycles. The van der Waals surface area contributed by atoms with Crippen molar-refractivity contribution < 1.29 is 14.3 Å². The van der Waals surface area contributed by atoms with E-state index in [1.165, 1.54) is 0 Å². The molecule has 3 nitrogen and oxygen atoms in total. The summed E-state index contributed by atoms with van der Waals surface area (Å²) in [4.78, 5) is 0. The van der Waals surface area contributed by atoms with Crippen molar-refractivity contribution >= 4 is 0 Å². The molecule has 0 bridgehead atoms. The van der Waals surface area contributed by atoms with Crippen LogP contribution in [0.5, 0.6) is 0 Å². The van der Waals surface area contributed by atoms with Crippen molar-refractivity contribution in [3.05, 3.63) is 35.8 Å². The van der Waals surface area contributed by atoms with Gasteiger partial charge in [0.25, 0.3) is 0 Å². The second kappa shape index (κ2) is 3.36. The summed E-state index contributed by atoms with van der Waals surface area (Å²) in [5.74, 6) is 0.770. The highest BCUT2D eigenvalue weighted by Gasteiger charge is 2.22. The summed E-state index contributed by atoms with van der Waals surface area (Å²) in [5.41, 5.74) is 1.13. The van der Waals surface area contributed by atoms with Gasteiger partial charge in [0.2, 0.25) is 0 Å². The van der Waals surface area contributed by atoms with Crippen LogP contribution in [0.2, 0.25) is 0 Å². The van der Waals surface area contributed by atoms with Gasteiger partial charge in [-0.2, -0.15) is 0 Å². The van der Waals surface area contributed by atoms with Crippen molar-refractivity contribution in [3.63, 3.8) is 0 Å². The highest BCUT2D eigenvalue weighted by Crippen LogP contribution is 2.30. The van der Waals surface area contributed by atoms with Crippen molar-refractivity contribution in [2.75, 3.05) is 0 Å². The number of hydrogen-bond donors (Lipinski definition) is 1. The van der Waals surface area contributed by atoms with Crippen LogP contribution in [0.15, 0.2) is 34.5 Å². The van der Waals surface area contributed by atoms with Crippen LogP contribution in [0, 0.1) is 0 Å². The number of ether oxygens (including phenoxy) is 1. The molecule has 1 aliphatic rings. The Labute approximate surface area is 76.6 Å². The van der Waals surface area contributed by atoms with Crippen molar-refractivity contribution in [2.24, 2.45) is 0 Å². The van der Waals surface area contributed by atoms with E-state index in [0.717, 1.165) is 17.8 Å². The van der Waals surface area contributed by atoms with Gasteiger partial charge in [0.1, 0.15) is 11.9 Å². The first-order chi connectivity index (χ1) is 6.25. The van der Waals surface area contributed by atoms with Gasteiger partial charge in [-0.25, -0.2) is 0 Å². The summed E-state index contributed by atoms with van der Waals surface area (Å²) in [7, 11) is 0. The predicted octanol–water partition coefficient (Wildman–Crippen LogP) is 2.01. The lowest BCUT2D eigenvalue weighted by molar-refractivity contribution is -0.121. The topological polar surface area (TPSA) is 42.6 Å². The number of hydrogen-bond acceptors (Lipinski definition) is 3. The minimum Gasteiger partial charge on any atom is -0.467 e. The van der Waals surface area contributed by atoms with E-state index in [2.05, 4.69) is 0 Å². The largest absolute Gasteiger partial charge is 0.467 e. The summed E-state index contributed by atoms with van der Waals surface area (Å²) in [6.45, 7) is 1.97. The monoisotopic (exact) mass is 180 g/mol. The first kappa shape index (κ1) is 8.53. The van der Waals surface area contributed by atoms with Gasteiger partial charge in [-0.1, -0.05) is 5.57 Å². The van der Waals surface area contributed by atoms with Gasteiger partial charge in [-0.3, -0.25) is 0 Å². The molecule has 0 fully saturated rings. The molecule has 0 spiro atoms. The van der Waals surface area contributed by atoms with Crippen molar-refractivity contribution in [3.8, 4) is 0 Å². The predicted molar refractivity (Wildman–Crippen MR) is 46.9 cm³/mol. The minimum absolute atomic E-state index is 0.144. The molecule has 1 aliphatic heterocycles. The molecule has 1 N–H and O–H groups in total. The maximum Gasteiger partial charge on any atom is 0.175 e. The Hall–Kier alpha value is -1.06. The van der Waals surface area contributed by atoms with Gasteiger partial charge >= 0.3 is 0 Å². The van der Waals surface area contributed by atoms with E-state index < -0.39 is 6.29 Å². The van der Waals surface area contributed by atoms with E-state index in [1.54, 1.807) is 12.3 Å². The second-order valence-corrected chi connectivity index (χ2v) is 3.25. The Morgan fingerprint density at radius 2 is 2.38 bits per heavy atom. The van der Waals surface area contributed by atoms with Crippen LogP contribution in [0.3, 0.4) is 0 Å². The fraction of sp³-hybridized carbons (Fsp3) is 0.400. The van der Waals surface area contributed by atoms with Gasteiger partial charge in [-0.15, -0.1) is 0 Å². The van der Waals surface area contributed by atoms with E-state index in [0.29, 0.717) is 0 Å². The lowest BCUT2D eigenvalue weighted by atomic mass is 10.1. The molecule has 1 aromatic rings. The number of aliphatic hydroxyl groups is 1. The third-order valence-electron chi connectivity index (χ3n) is 2.10. The van der Waals surface area contributed by atoms with Crippen molar-refractivity contribution in [2.45, 2.75) is 25.7 Å².